The van der Waals surface area contributed by atoms with E-state index in [1.165, 1.54) is 11.6 Å². The van der Waals surface area contributed by atoms with E-state index in [0.717, 1.165) is 32.1 Å². The third-order valence-electron chi connectivity index (χ3n) is 5.25. The molecule has 0 bridgehead atoms. The normalized spacial score (nSPS) is 19.2. The third-order valence-corrected chi connectivity index (χ3v) is 5.25. The summed E-state index contributed by atoms with van der Waals surface area (Å²) in [5.41, 5.74) is 2.15. The van der Waals surface area contributed by atoms with Crippen LogP contribution in [0.2, 0.25) is 0 Å². The Balaban J connectivity index is 1.65. The van der Waals surface area contributed by atoms with E-state index in [2.05, 4.69) is 18.2 Å². The number of carbonyl (C=O) groups is 2. The SMILES string of the molecule is O=C1/C=C\CCOC(=O)c2c(O)cc(OCCCCC3=CC=CC3)cc2/C=C/CCC1. The van der Waals surface area contributed by atoms with Crippen LogP contribution in [0, 0.1) is 0 Å². The van der Waals surface area contributed by atoms with Crippen molar-refractivity contribution < 1.29 is 24.2 Å². The molecule has 1 aromatic rings. The molecule has 0 atom stereocenters. The van der Waals surface area contributed by atoms with Gasteiger partial charge in [-0.05, 0) is 62.7 Å². The van der Waals surface area contributed by atoms with Crippen LogP contribution in [-0.2, 0) is 9.53 Å². The summed E-state index contributed by atoms with van der Waals surface area (Å²) in [6.45, 7) is 0.691. The Morgan fingerprint density at radius 2 is 1.90 bits per heavy atom. The fourth-order valence-electron chi connectivity index (χ4n) is 3.57. The van der Waals surface area contributed by atoms with Crippen LogP contribution in [0.4, 0.5) is 0 Å². The van der Waals surface area contributed by atoms with Gasteiger partial charge in [0.05, 0.1) is 13.2 Å². The van der Waals surface area contributed by atoms with E-state index in [9.17, 15) is 14.7 Å². The van der Waals surface area contributed by atoms with Crippen molar-refractivity contribution in [2.45, 2.75) is 51.4 Å². The van der Waals surface area contributed by atoms with Gasteiger partial charge in [-0.2, -0.15) is 0 Å². The summed E-state index contributed by atoms with van der Waals surface area (Å²) in [4.78, 5) is 24.3. The number of phenols is 1. The van der Waals surface area contributed by atoms with E-state index in [4.69, 9.17) is 9.47 Å². The average Bonchev–Trinajstić information content (AvgIpc) is 3.25. The van der Waals surface area contributed by atoms with Crippen LogP contribution < -0.4 is 4.74 Å². The maximum atomic E-state index is 12.5. The predicted molar refractivity (Wildman–Crippen MR) is 121 cm³/mol. The molecule has 2 aliphatic rings. The fourth-order valence-corrected chi connectivity index (χ4v) is 3.57. The summed E-state index contributed by atoms with van der Waals surface area (Å²) in [5, 5.41) is 10.5. The van der Waals surface area contributed by atoms with Gasteiger partial charge in [0.1, 0.15) is 17.1 Å². The quantitative estimate of drug-likeness (QED) is 0.470. The number of carbonyl (C=O) groups excluding carboxylic acids is 2. The second kappa shape index (κ2) is 11.9. The first-order valence-corrected chi connectivity index (χ1v) is 11.0. The van der Waals surface area contributed by atoms with Crippen molar-refractivity contribution in [2.75, 3.05) is 13.2 Å². The van der Waals surface area contributed by atoms with Crippen molar-refractivity contribution in [3.8, 4) is 11.5 Å². The smallest absolute Gasteiger partial charge is 0.342 e. The molecule has 31 heavy (non-hydrogen) atoms. The molecule has 1 aliphatic carbocycles. The van der Waals surface area contributed by atoms with Gasteiger partial charge in [-0.25, -0.2) is 4.79 Å². The molecule has 1 aliphatic heterocycles. The van der Waals surface area contributed by atoms with Crippen molar-refractivity contribution >= 4 is 17.8 Å². The molecule has 0 unspecified atom stereocenters. The van der Waals surface area contributed by atoms with Crippen LogP contribution in [0.3, 0.4) is 0 Å². The minimum absolute atomic E-state index is 0.0750. The summed E-state index contributed by atoms with van der Waals surface area (Å²) in [5.74, 6) is -0.137. The van der Waals surface area contributed by atoms with Crippen LogP contribution in [0.5, 0.6) is 11.5 Å². The van der Waals surface area contributed by atoms with Crippen molar-refractivity contribution in [1.82, 2.24) is 0 Å². The number of allylic oxidation sites excluding steroid dienone is 6. The van der Waals surface area contributed by atoms with Crippen molar-refractivity contribution in [2.24, 2.45) is 0 Å². The zero-order valence-electron chi connectivity index (χ0n) is 17.8. The number of hydrogen-bond donors (Lipinski definition) is 1. The summed E-state index contributed by atoms with van der Waals surface area (Å²) in [7, 11) is 0. The van der Waals surface area contributed by atoms with Gasteiger partial charge in [-0.15, -0.1) is 0 Å². The van der Waals surface area contributed by atoms with Crippen LogP contribution in [0.25, 0.3) is 6.08 Å². The Hall–Kier alpha value is -3.08. The first-order chi connectivity index (χ1) is 15.1. The molecule has 0 fully saturated rings. The van der Waals surface area contributed by atoms with Crippen LogP contribution >= 0.6 is 0 Å². The van der Waals surface area contributed by atoms with Gasteiger partial charge in [-0.1, -0.05) is 42.0 Å². The molecule has 1 aromatic carbocycles. The Bertz CT molecular complexity index is 905. The highest BCUT2D eigenvalue weighted by atomic mass is 16.5. The first kappa shape index (κ1) is 22.6. The summed E-state index contributed by atoms with van der Waals surface area (Å²) < 4.78 is 11.1. The molecular weight excluding hydrogens is 392 g/mol. The molecule has 3 rings (SSSR count). The summed E-state index contributed by atoms with van der Waals surface area (Å²) in [6, 6.07) is 3.23. The van der Waals surface area contributed by atoms with Crippen molar-refractivity contribution in [3.05, 3.63) is 65.3 Å². The molecule has 0 amide bonds. The molecule has 1 heterocycles. The number of rotatable bonds is 6. The fraction of sp³-hybridized carbons (Fsp3) is 0.385. The lowest BCUT2D eigenvalue weighted by Crippen LogP contribution is -2.09. The lowest BCUT2D eigenvalue weighted by molar-refractivity contribution is -0.114. The number of hydrogen-bond acceptors (Lipinski definition) is 5. The molecule has 5 heteroatoms. The van der Waals surface area contributed by atoms with E-state index >= 15 is 0 Å². The summed E-state index contributed by atoms with van der Waals surface area (Å²) in [6.07, 6.45) is 19.8. The van der Waals surface area contributed by atoms with Crippen LogP contribution in [-0.4, -0.2) is 30.1 Å². The molecule has 0 spiro atoms. The Morgan fingerprint density at radius 1 is 1.03 bits per heavy atom. The number of ether oxygens (including phenoxy) is 2. The summed E-state index contributed by atoms with van der Waals surface area (Å²) >= 11 is 0. The highest BCUT2D eigenvalue weighted by Crippen LogP contribution is 2.30. The molecule has 0 radical (unpaired) electrons. The predicted octanol–water partition coefficient (Wildman–Crippen LogP) is 5.70. The Kier molecular flexibility index (Phi) is 8.71. The average molecular weight is 423 g/mol. The largest absolute Gasteiger partial charge is 0.507 e. The van der Waals surface area contributed by atoms with E-state index in [0.29, 0.717) is 37.2 Å². The van der Waals surface area contributed by atoms with Gasteiger partial charge >= 0.3 is 5.97 Å². The van der Waals surface area contributed by atoms with Crippen molar-refractivity contribution in [1.29, 1.82) is 0 Å². The van der Waals surface area contributed by atoms with Crippen LogP contribution in [0.1, 0.15) is 67.3 Å². The molecule has 0 saturated carbocycles. The van der Waals surface area contributed by atoms with Gasteiger partial charge in [-0.3, -0.25) is 4.79 Å². The first-order valence-electron chi connectivity index (χ1n) is 11.0. The number of unbranched alkanes of at least 4 members (excludes halogenated alkanes) is 1. The van der Waals surface area contributed by atoms with Gasteiger partial charge in [0, 0.05) is 12.5 Å². The standard InChI is InChI=1S/C26H30O5/c27-22-14-3-1-2-13-21-18-23(30-16-8-6-12-20-10-4-5-11-20)19-24(28)25(21)26(29)31-17-9-7-15-22/h2,4-5,7,10,13,15,18-19,28H,1,3,6,8-9,11-12,14,16-17H2/b13-2+,15-7-. The second-order valence-electron chi connectivity index (χ2n) is 7.76. The zero-order valence-corrected chi connectivity index (χ0v) is 17.8. The van der Waals surface area contributed by atoms with Crippen LogP contribution in [0.15, 0.2) is 54.2 Å². The number of ketones is 1. The number of cyclic esters (lactones) is 1. The molecule has 0 saturated heterocycles. The maximum absolute atomic E-state index is 12.5. The zero-order chi connectivity index (χ0) is 21.9. The van der Waals surface area contributed by atoms with Gasteiger partial charge in [0.2, 0.25) is 0 Å². The molecule has 5 nitrogen and oxygen atoms in total. The number of fused-ring (bicyclic) bond motifs is 1. The molecule has 164 valence electrons. The van der Waals surface area contributed by atoms with E-state index < -0.39 is 5.97 Å². The topological polar surface area (TPSA) is 72.8 Å². The second-order valence-corrected chi connectivity index (χ2v) is 7.76. The highest BCUT2D eigenvalue weighted by molar-refractivity contribution is 5.97. The highest BCUT2D eigenvalue weighted by Gasteiger charge is 2.19. The number of benzene rings is 1. The van der Waals surface area contributed by atoms with E-state index in [-0.39, 0.29) is 23.7 Å². The number of esters is 1. The van der Waals surface area contributed by atoms with Gasteiger partial charge in [0.15, 0.2) is 5.78 Å². The van der Waals surface area contributed by atoms with Gasteiger partial charge < -0.3 is 14.6 Å². The maximum Gasteiger partial charge on any atom is 0.342 e. The van der Waals surface area contributed by atoms with E-state index in [1.54, 1.807) is 24.3 Å². The Morgan fingerprint density at radius 3 is 2.74 bits per heavy atom. The van der Waals surface area contributed by atoms with Gasteiger partial charge in [0.25, 0.3) is 0 Å². The van der Waals surface area contributed by atoms with Crippen molar-refractivity contribution in [3.63, 3.8) is 0 Å². The molecule has 1 N–H and O–H groups in total. The van der Waals surface area contributed by atoms with E-state index in [1.807, 2.05) is 6.08 Å². The minimum atomic E-state index is -0.584. The lowest BCUT2D eigenvalue weighted by atomic mass is 10.0. The third kappa shape index (κ3) is 7.28. The number of phenolic OH excluding ortho intramolecular Hbond substituents is 1. The monoisotopic (exact) mass is 422 g/mol. The lowest BCUT2D eigenvalue weighted by Gasteiger charge is -2.13. The number of aromatic hydroxyl groups is 1. The molecular formula is C26H30O5. The Labute approximate surface area is 183 Å². The molecule has 0 aromatic heterocycles. The minimum Gasteiger partial charge on any atom is -0.507 e.